The first kappa shape index (κ1) is 25.1. The molecule has 0 bridgehead atoms. The topological polar surface area (TPSA) is 112 Å². The number of ether oxygens (including phenoxy) is 2. The van der Waals surface area contributed by atoms with Crippen molar-refractivity contribution in [2.24, 2.45) is 0 Å². The van der Waals surface area contributed by atoms with Crippen molar-refractivity contribution in [3.05, 3.63) is 76.6 Å². The number of rotatable bonds is 7. The molecule has 6 heterocycles. The van der Waals surface area contributed by atoms with Gasteiger partial charge >= 0.3 is 0 Å². The fraction of sp³-hybridized carbons (Fsp3) is 0.379. The van der Waals surface area contributed by atoms with Crippen LogP contribution in [0, 0.1) is 0 Å². The number of nitrogens with two attached hydrogens (primary N) is 1. The fourth-order valence-corrected chi connectivity index (χ4v) is 5.69. The summed E-state index contributed by atoms with van der Waals surface area (Å²) in [5, 5.41) is 0.597. The minimum Gasteiger partial charge on any atom is -0.488 e. The third-order valence-corrected chi connectivity index (χ3v) is 7.74. The van der Waals surface area contributed by atoms with Crippen LogP contribution in [0.5, 0.6) is 11.6 Å². The zero-order valence-corrected chi connectivity index (χ0v) is 22.3. The molecule has 0 radical (unpaired) electrons. The number of nitrogens with zero attached hydrogens (tertiary/aromatic N) is 6. The fourth-order valence-electron chi connectivity index (χ4n) is 5.69. The van der Waals surface area contributed by atoms with Crippen LogP contribution >= 0.6 is 0 Å². The summed E-state index contributed by atoms with van der Waals surface area (Å²) < 4.78 is 13.4. The third-order valence-electron chi connectivity index (χ3n) is 7.74. The van der Waals surface area contributed by atoms with Crippen LogP contribution in [0.15, 0.2) is 60.0 Å². The average Bonchev–Trinajstić information content (AvgIpc) is 2.97. The second-order valence-corrected chi connectivity index (χ2v) is 10.4. The lowest BCUT2D eigenvalue weighted by molar-refractivity contribution is 0.157. The van der Waals surface area contributed by atoms with Crippen LogP contribution in [-0.4, -0.2) is 57.3 Å². The maximum Gasteiger partial charge on any atom is 0.213 e. The average molecular weight is 528 g/mol. The quantitative estimate of drug-likeness (QED) is 0.386. The van der Waals surface area contributed by atoms with Gasteiger partial charge in [0.2, 0.25) is 5.88 Å². The monoisotopic (exact) mass is 527 g/mol. The van der Waals surface area contributed by atoms with Gasteiger partial charge in [0, 0.05) is 62.4 Å². The zero-order chi connectivity index (χ0) is 26.9. The number of anilines is 2. The van der Waals surface area contributed by atoms with Crippen LogP contribution in [0.4, 0.5) is 11.5 Å². The molecular formula is C29H33N7O3. The van der Waals surface area contributed by atoms with E-state index in [2.05, 4.69) is 36.2 Å². The predicted octanol–water partition coefficient (Wildman–Crippen LogP) is 3.40. The summed E-state index contributed by atoms with van der Waals surface area (Å²) in [6, 6.07) is 8.17. The Balaban J connectivity index is 1.36. The number of nitrogen functional groups attached to an aromatic ring is 1. The lowest BCUT2D eigenvalue weighted by Crippen LogP contribution is -2.48. The third kappa shape index (κ3) is 4.99. The second-order valence-electron chi connectivity index (χ2n) is 10.4. The van der Waals surface area contributed by atoms with Gasteiger partial charge in [0.05, 0.1) is 42.1 Å². The number of pyridine rings is 4. The Morgan fingerprint density at radius 3 is 2.90 bits per heavy atom. The molecule has 0 aliphatic carbocycles. The zero-order valence-electron chi connectivity index (χ0n) is 22.3. The largest absolute Gasteiger partial charge is 0.488 e. The number of aromatic nitrogens is 4. The minimum absolute atomic E-state index is 0.000934. The van der Waals surface area contributed by atoms with Gasteiger partial charge in [-0.15, -0.1) is 0 Å². The molecule has 2 aliphatic rings. The standard InChI is InChI=1S/C29H33N7O3/c1-19-18-39-25-13-31-12-24-28(25)36(19)16-21(29(24)37)15-35(14-20-7-8-32-27(10-20)38-2)23-4-3-9-34(17-23)22-5-6-26(30)33-11-22/h5-8,10-13,16,19,23H,3-4,9,14-15,17-18H2,1-2H3,(H2,30,33)/t19?,23-/m0/s1. The molecule has 4 aromatic rings. The van der Waals surface area contributed by atoms with Crippen LogP contribution < -0.4 is 25.5 Å². The van der Waals surface area contributed by atoms with Crippen molar-refractivity contribution in [3.63, 3.8) is 0 Å². The molecule has 4 aromatic heterocycles. The Morgan fingerprint density at radius 1 is 1.18 bits per heavy atom. The van der Waals surface area contributed by atoms with Crippen molar-refractivity contribution in [1.82, 2.24) is 24.4 Å². The van der Waals surface area contributed by atoms with E-state index < -0.39 is 0 Å². The van der Waals surface area contributed by atoms with E-state index in [1.54, 1.807) is 25.7 Å². The van der Waals surface area contributed by atoms with Crippen LogP contribution in [0.1, 0.15) is 36.9 Å². The van der Waals surface area contributed by atoms with Crippen molar-refractivity contribution in [3.8, 4) is 11.6 Å². The van der Waals surface area contributed by atoms with Crippen molar-refractivity contribution < 1.29 is 9.47 Å². The Kier molecular flexibility index (Phi) is 6.78. The molecular weight excluding hydrogens is 494 g/mol. The molecule has 0 saturated carbocycles. The van der Waals surface area contributed by atoms with E-state index in [0.29, 0.717) is 42.5 Å². The van der Waals surface area contributed by atoms with Gasteiger partial charge in [0.15, 0.2) is 11.2 Å². The highest BCUT2D eigenvalue weighted by Gasteiger charge is 2.28. The molecule has 1 unspecified atom stereocenters. The summed E-state index contributed by atoms with van der Waals surface area (Å²) in [4.78, 5) is 31.4. The minimum atomic E-state index is 0.000934. The van der Waals surface area contributed by atoms with Gasteiger partial charge < -0.3 is 24.7 Å². The van der Waals surface area contributed by atoms with Gasteiger partial charge in [0.25, 0.3) is 0 Å². The van der Waals surface area contributed by atoms with Crippen molar-refractivity contribution >= 4 is 22.4 Å². The molecule has 6 rings (SSSR count). The van der Waals surface area contributed by atoms with Gasteiger partial charge in [-0.1, -0.05) is 0 Å². The molecule has 0 aromatic carbocycles. The molecule has 2 atom stereocenters. The van der Waals surface area contributed by atoms with Crippen LogP contribution in [0.3, 0.4) is 0 Å². The number of methoxy groups -OCH3 is 1. The first-order valence-corrected chi connectivity index (χ1v) is 13.3. The number of hydrogen-bond donors (Lipinski definition) is 1. The van der Waals surface area contributed by atoms with E-state index in [1.807, 2.05) is 36.7 Å². The first-order chi connectivity index (χ1) is 19.0. The molecule has 10 heteroatoms. The molecule has 1 fully saturated rings. The predicted molar refractivity (Wildman–Crippen MR) is 150 cm³/mol. The van der Waals surface area contributed by atoms with Crippen molar-refractivity contribution in [1.29, 1.82) is 0 Å². The molecule has 2 N–H and O–H groups in total. The summed E-state index contributed by atoms with van der Waals surface area (Å²) >= 11 is 0. The Morgan fingerprint density at radius 2 is 2.08 bits per heavy atom. The molecule has 0 spiro atoms. The van der Waals surface area contributed by atoms with E-state index in [9.17, 15) is 4.79 Å². The van der Waals surface area contributed by atoms with Crippen LogP contribution in [0.25, 0.3) is 10.9 Å². The SMILES string of the molecule is COc1cc(CN(Cc2cn3c4c(cncc4c2=O)OCC3C)[C@H]2CCCN(c3ccc(N)nc3)C2)ccn1. The van der Waals surface area contributed by atoms with Crippen molar-refractivity contribution in [2.75, 3.05) is 37.4 Å². The van der Waals surface area contributed by atoms with Gasteiger partial charge in [-0.3, -0.25) is 14.7 Å². The Bertz CT molecular complexity index is 1540. The molecule has 1 saturated heterocycles. The Hall–Kier alpha value is -4.18. The summed E-state index contributed by atoms with van der Waals surface area (Å²) in [5.74, 6) is 1.75. The molecule has 39 heavy (non-hydrogen) atoms. The highest BCUT2D eigenvalue weighted by molar-refractivity contribution is 5.84. The summed E-state index contributed by atoms with van der Waals surface area (Å²) in [7, 11) is 1.62. The highest BCUT2D eigenvalue weighted by atomic mass is 16.5. The Labute approximate surface area is 227 Å². The highest BCUT2D eigenvalue weighted by Crippen LogP contribution is 2.31. The summed E-state index contributed by atoms with van der Waals surface area (Å²) in [6.07, 6.45) is 11.0. The normalized spacial score (nSPS) is 18.8. The maximum atomic E-state index is 13.8. The van der Waals surface area contributed by atoms with Crippen LogP contribution in [-0.2, 0) is 13.1 Å². The van der Waals surface area contributed by atoms with Gasteiger partial charge in [-0.25, -0.2) is 9.97 Å². The smallest absolute Gasteiger partial charge is 0.213 e. The van der Waals surface area contributed by atoms with E-state index in [-0.39, 0.29) is 17.5 Å². The van der Waals surface area contributed by atoms with Crippen LogP contribution in [0.2, 0.25) is 0 Å². The van der Waals surface area contributed by atoms with E-state index in [0.717, 1.165) is 48.3 Å². The van der Waals surface area contributed by atoms with E-state index in [4.69, 9.17) is 15.2 Å². The van der Waals surface area contributed by atoms with E-state index >= 15 is 0 Å². The van der Waals surface area contributed by atoms with Gasteiger partial charge in [0.1, 0.15) is 12.4 Å². The molecule has 2 aliphatic heterocycles. The lowest BCUT2D eigenvalue weighted by Gasteiger charge is -2.40. The summed E-state index contributed by atoms with van der Waals surface area (Å²) in [5.41, 5.74) is 9.55. The lowest BCUT2D eigenvalue weighted by atomic mass is 10.0. The molecule has 0 amide bonds. The van der Waals surface area contributed by atoms with E-state index in [1.165, 1.54) is 0 Å². The first-order valence-electron chi connectivity index (χ1n) is 13.3. The second kappa shape index (κ2) is 10.5. The summed E-state index contributed by atoms with van der Waals surface area (Å²) in [6.45, 7) is 5.60. The maximum absolute atomic E-state index is 13.8. The number of piperidine rings is 1. The molecule has 10 nitrogen and oxygen atoms in total. The molecule has 202 valence electrons. The van der Waals surface area contributed by atoms with Gasteiger partial charge in [-0.2, -0.15) is 0 Å². The number of hydrogen-bond acceptors (Lipinski definition) is 9. The van der Waals surface area contributed by atoms with Gasteiger partial charge in [-0.05, 0) is 43.5 Å². The van der Waals surface area contributed by atoms with Crippen molar-refractivity contribution in [2.45, 2.75) is 44.9 Å².